The Balaban J connectivity index is 1.60. The molecule has 0 amide bonds. The van der Waals surface area contributed by atoms with Gasteiger partial charge in [-0.2, -0.15) is 0 Å². The van der Waals surface area contributed by atoms with E-state index in [4.69, 9.17) is 9.47 Å². The van der Waals surface area contributed by atoms with E-state index in [1.54, 1.807) is 0 Å². The maximum absolute atomic E-state index is 6.01. The predicted molar refractivity (Wildman–Crippen MR) is 80.8 cm³/mol. The van der Waals surface area contributed by atoms with E-state index in [1.807, 2.05) is 49.5 Å². The van der Waals surface area contributed by atoms with Crippen molar-refractivity contribution in [1.82, 2.24) is 9.55 Å². The van der Waals surface area contributed by atoms with Gasteiger partial charge in [-0.1, -0.05) is 24.3 Å². The van der Waals surface area contributed by atoms with Crippen molar-refractivity contribution >= 4 is 11.0 Å². The quantitative estimate of drug-likeness (QED) is 0.724. The SMILES string of the molecule is Cn1c(CC2COc3ccccc3O2)nc2ccccc21. The Morgan fingerprint density at radius 3 is 2.71 bits per heavy atom. The van der Waals surface area contributed by atoms with Crippen LogP contribution in [0.1, 0.15) is 5.82 Å². The number of hydrogen-bond acceptors (Lipinski definition) is 3. The number of aromatic nitrogens is 2. The summed E-state index contributed by atoms with van der Waals surface area (Å²) in [6.45, 7) is 0.556. The topological polar surface area (TPSA) is 36.3 Å². The van der Waals surface area contributed by atoms with Crippen LogP contribution in [0, 0.1) is 0 Å². The van der Waals surface area contributed by atoms with Crippen LogP contribution in [0.4, 0.5) is 0 Å². The number of nitrogens with zero attached hydrogens (tertiary/aromatic N) is 2. The van der Waals surface area contributed by atoms with Crippen molar-refractivity contribution < 1.29 is 9.47 Å². The number of benzene rings is 2. The number of aryl methyl sites for hydroxylation is 1. The van der Waals surface area contributed by atoms with Crippen LogP contribution in [0.3, 0.4) is 0 Å². The molecule has 0 N–H and O–H groups in total. The summed E-state index contributed by atoms with van der Waals surface area (Å²) in [7, 11) is 2.04. The zero-order valence-electron chi connectivity index (χ0n) is 11.8. The molecule has 0 radical (unpaired) electrons. The van der Waals surface area contributed by atoms with Gasteiger partial charge in [-0.3, -0.25) is 0 Å². The highest BCUT2D eigenvalue weighted by molar-refractivity contribution is 5.75. The molecule has 4 nitrogen and oxygen atoms in total. The van der Waals surface area contributed by atoms with Gasteiger partial charge in [0.05, 0.1) is 11.0 Å². The predicted octanol–water partition coefficient (Wildman–Crippen LogP) is 2.96. The molecule has 1 unspecified atom stereocenters. The summed E-state index contributed by atoms with van der Waals surface area (Å²) in [5.74, 6) is 2.65. The molecule has 3 aromatic rings. The third-order valence-electron chi connectivity index (χ3n) is 3.86. The molecule has 106 valence electrons. The van der Waals surface area contributed by atoms with Gasteiger partial charge in [0, 0.05) is 13.5 Å². The molecule has 21 heavy (non-hydrogen) atoms. The van der Waals surface area contributed by atoms with Crippen LogP contribution in [0.15, 0.2) is 48.5 Å². The van der Waals surface area contributed by atoms with E-state index in [2.05, 4.69) is 15.6 Å². The molecule has 2 aromatic carbocycles. The zero-order valence-corrected chi connectivity index (χ0v) is 11.8. The lowest BCUT2D eigenvalue weighted by molar-refractivity contribution is 0.0895. The van der Waals surface area contributed by atoms with Gasteiger partial charge in [0.25, 0.3) is 0 Å². The van der Waals surface area contributed by atoms with Crippen molar-refractivity contribution in [2.45, 2.75) is 12.5 Å². The van der Waals surface area contributed by atoms with Crippen LogP contribution in [0.25, 0.3) is 11.0 Å². The number of imidazole rings is 1. The van der Waals surface area contributed by atoms with Gasteiger partial charge in [-0.05, 0) is 24.3 Å². The fourth-order valence-electron chi connectivity index (χ4n) is 2.75. The maximum atomic E-state index is 6.01. The fraction of sp³-hybridized carbons (Fsp3) is 0.235. The largest absolute Gasteiger partial charge is 0.486 e. The lowest BCUT2D eigenvalue weighted by Crippen LogP contribution is -2.31. The first-order valence-corrected chi connectivity index (χ1v) is 7.10. The minimum atomic E-state index is -0.00425. The van der Waals surface area contributed by atoms with Crippen molar-refractivity contribution in [2.75, 3.05) is 6.61 Å². The Kier molecular flexibility index (Phi) is 2.81. The normalized spacial score (nSPS) is 17.1. The molecule has 4 heteroatoms. The Hall–Kier alpha value is -2.49. The minimum Gasteiger partial charge on any atom is -0.486 e. The smallest absolute Gasteiger partial charge is 0.161 e. The highest BCUT2D eigenvalue weighted by atomic mass is 16.6. The Bertz CT molecular complexity index is 794. The molecule has 1 aliphatic heterocycles. The van der Waals surface area contributed by atoms with Crippen LogP contribution in [0.5, 0.6) is 11.5 Å². The highest BCUT2D eigenvalue weighted by Gasteiger charge is 2.22. The van der Waals surface area contributed by atoms with E-state index in [-0.39, 0.29) is 6.10 Å². The third-order valence-corrected chi connectivity index (χ3v) is 3.86. The average molecular weight is 280 g/mol. The summed E-state index contributed by atoms with van der Waals surface area (Å²) in [6, 6.07) is 15.9. The van der Waals surface area contributed by atoms with E-state index in [0.717, 1.165) is 34.8 Å². The third kappa shape index (κ3) is 2.13. The van der Waals surface area contributed by atoms with Gasteiger partial charge in [0.2, 0.25) is 0 Å². The van der Waals surface area contributed by atoms with Crippen molar-refractivity contribution in [3.05, 3.63) is 54.4 Å². The molecule has 1 atom stereocenters. The lowest BCUT2D eigenvalue weighted by Gasteiger charge is -2.26. The Morgan fingerprint density at radius 1 is 1.10 bits per heavy atom. The minimum absolute atomic E-state index is 0.00425. The maximum Gasteiger partial charge on any atom is 0.161 e. The second-order valence-corrected chi connectivity index (χ2v) is 5.28. The number of ether oxygens (including phenoxy) is 2. The van der Waals surface area contributed by atoms with E-state index in [1.165, 1.54) is 0 Å². The summed E-state index contributed by atoms with van der Waals surface area (Å²) in [5, 5.41) is 0. The molecule has 2 heterocycles. The average Bonchev–Trinajstić information content (AvgIpc) is 2.84. The van der Waals surface area contributed by atoms with Gasteiger partial charge in [0.1, 0.15) is 18.5 Å². The van der Waals surface area contributed by atoms with E-state index < -0.39 is 0 Å². The zero-order chi connectivity index (χ0) is 14.2. The number of para-hydroxylation sites is 4. The highest BCUT2D eigenvalue weighted by Crippen LogP contribution is 2.31. The van der Waals surface area contributed by atoms with Crippen LogP contribution in [-0.2, 0) is 13.5 Å². The van der Waals surface area contributed by atoms with Gasteiger partial charge in [-0.25, -0.2) is 4.98 Å². The molecule has 0 saturated carbocycles. The molecule has 0 spiro atoms. The van der Waals surface area contributed by atoms with Gasteiger partial charge in [0.15, 0.2) is 11.5 Å². The molecule has 0 aliphatic carbocycles. The van der Waals surface area contributed by atoms with Gasteiger partial charge < -0.3 is 14.0 Å². The molecule has 4 rings (SSSR count). The Labute approximate surface area is 122 Å². The first-order chi connectivity index (χ1) is 10.3. The molecular weight excluding hydrogens is 264 g/mol. The monoisotopic (exact) mass is 280 g/mol. The molecule has 0 fully saturated rings. The van der Waals surface area contributed by atoms with E-state index in [9.17, 15) is 0 Å². The van der Waals surface area contributed by atoms with Crippen molar-refractivity contribution in [1.29, 1.82) is 0 Å². The second kappa shape index (κ2) is 4.81. The lowest BCUT2D eigenvalue weighted by atomic mass is 10.2. The summed E-state index contributed by atoms with van der Waals surface area (Å²) < 4.78 is 13.9. The first kappa shape index (κ1) is 12.3. The summed E-state index contributed by atoms with van der Waals surface area (Å²) >= 11 is 0. The van der Waals surface area contributed by atoms with Crippen LogP contribution < -0.4 is 9.47 Å². The van der Waals surface area contributed by atoms with Crippen LogP contribution in [0.2, 0.25) is 0 Å². The second-order valence-electron chi connectivity index (χ2n) is 5.28. The van der Waals surface area contributed by atoms with E-state index >= 15 is 0 Å². The van der Waals surface area contributed by atoms with Crippen molar-refractivity contribution in [3.63, 3.8) is 0 Å². The molecule has 0 saturated heterocycles. The molecule has 1 aromatic heterocycles. The van der Waals surface area contributed by atoms with Crippen molar-refractivity contribution in [2.24, 2.45) is 7.05 Å². The Morgan fingerprint density at radius 2 is 1.86 bits per heavy atom. The number of fused-ring (bicyclic) bond motifs is 2. The molecule has 0 bridgehead atoms. The van der Waals surface area contributed by atoms with Crippen LogP contribution in [-0.4, -0.2) is 22.3 Å². The summed E-state index contributed by atoms with van der Waals surface area (Å²) in [4.78, 5) is 4.69. The van der Waals surface area contributed by atoms with Gasteiger partial charge >= 0.3 is 0 Å². The number of rotatable bonds is 2. The van der Waals surface area contributed by atoms with Crippen LogP contribution >= 0.6 is 0 Å². The first-order valence-electron chi connectivity index (χ1n) is 7.10. The summed E-state index contributed by atoms with van der Waals surface area (Å²) in [5.41, 5.74) is 2.16. The van der Waals surface area contributed by atoms with Crippen molar-refractivity contribution in [3.8, 4) is 11.5 Å². The molecular formula is C17H16N2O2. The fourth-order valence-corrected chi connectivity index (χ4v) is 2.75. The molecule has 1 aliphatic rings. The summed E-state index contributed by atoms with van der Waals surface area (Å²) in [6.07, 6.45) is 0.731. The van der Waals surface area contributed by atoms with Gasteiger partial charge in [-0.15, -0.1) is 0 Å². The number of hydrogen-bond donors (Lipinski definition) is 0. The van der Waals surface area contributed by atoms with E-state index in [0.29, 0.717) is 6.61 Å². The standard InChI is InChI=1S/C17H16N2O2/c1-19-14-7-3-2-6-13(14)18-17(19)10-12-11-20-15-8-4-5-9-16(15)21-12/h2-9,12H,10-11H2,1H3.